The minimum Gasteiger partial charge on any atom is -0.370 e. The summed E-state index contributed by atoms with van der Waals surface area (Å²) in [4.78, 5) is 31.0. The van der Waals surface area contributed by atoms with Gasteiger partial charge in [-0.2, -0.15) is 0 Å². The highest BCUT2D eigenvalue weighted by molar-refractivity contribution is 6.06. The first-order valence-electron chi connectivity index (χ1n) is 8.10. The van der Waals surface area contributed by atoms with Crippen LogP contribution in [0.2, 0.25) is 0 Å². The lowest BCUT2D eigenvalue weighted by Crippen LogP contribution is -2.51. The minimum atomic E-state index is -0.750. The molecule has 3 aliphatic rings. The summed E-state index contributed by atoms with van der Waals surface area (Å²) in [6.07, 6.45) is 2.74. The van der Waals surface area contributed by atoms with Crippen LogP contribution in [0.4, 0.5) is 0 Å². The molecule has 2 heterocycles. The summed E-state index contributed by atoms with van der Waals surface area (Å²) in [6.45, 7) is 1.13. The normalized spacial score (nSPS) is 22.9. The molecular weight excluding hydrogens is 292 g/mol. The number of aliphatic imine (C=N–C) groups is 1. The lowest BCUT2D eigenvalue weighted by Gasteiger charge is -2.36. The Morgan fingerprint density at radius 1 is 1.22 bits per heavy atom. The zero-order valence-electron chi connectivity index (χ0n) is 12.9. The topological polar surface area (TPSA) is 87.8 Å². The van der Waals surface area contributed by atoms with E-state index >= 15 is 0 Å². The summed E-state index contributed by atoms with van der Waals surface area (Å²) in [7, 11) is 0. The molecule has 23 heavy (non-hydrogen) atoms. The largest absolute Gasteiger partial charge is 0.370 e. The smallest absolute Gasteiger partial charge is 0.254 e. The van der Waals surface area contributed by atoms with Crippen LogP contribution < -0.4 is 11.1 Å². The van der Waals surface area contributed by atoms with E-state index in [4.69, 9.17) is 5.73 Å². The lowest BCUT2D eigenvalue weighted by molar-refractivity contribution is -0.138. The Kier molecular flexibility index (Phi) is 3.14. The van der Waals surface area contributed by atoms with E-state index in [0.717, 1.165) is 12.8 Å². The molecule has 3 N–H and O–H groups in total. The molecule has 0 unspecified atom stereocenters. The number of hydrogen-bond acceptors (Lipinski definition) is 4. The molecular formula is C17H20N4O2. The third-order valence-electron chi connectivity index (χ3n) is 5.30. The van der Waals surface area contributed by atoms with Crippen LogP contribution in [0.5, 0.6) is 0 Å². The highest BCUT2D eigenvalue weighted by Gasteiger charge is 2.46. The van der Waals surface area contributed by atoms with Crippen molar-refractivity contribution in [3.8, 4) is 0 Å². The monoisotopic (exact) mass is 312 g/mol. The van der Waals surface area contributed by atoms with Crippen molar-refractivity contribution in [1.29, 1.82) is 0 Å². The maximum Gasteiger partial charge on any atom is 0.254 e. The van der Waals surface area contributed by atoms with Crippen LogP contribution in [-0.4, -0.2) is 41.3 Å². The van der Waals surface area contributed by atoms with Gasteiger partial charge in [-0.3, -0.25) is 14.9 Å². The molecule has 1 saturated heterocycles. The van der Waals surface area contributed by atoms with E-state index in [9.17, 15) is 9.59 Å². The highest BCUT2D eigenvalue weighted by Crippen LogP contribution is 2.32. The predicted octanol–water partition coefficient (Wildman–Crippen LogP) is 0.207. The molecule has 0 saturated carbocycles. The Bertz CT molecular complexity index is 679. The molecule has 6 heteroatoms. The Labute approximate surface area is 134 Å². The average molecular weight is 312 g/mol. The van der Waals surface area contributed by atoms with Crippen LogP contribution >= 0.6 is 0 Å². The molecule has 0 aromatic heterocycles. The standard InChI is InChI=1S/C17H20N4O2/c18-16-19-15(23)17(20-16)5-7-21(8-6-17)14(22)13-9-11-3-1-2-4-12(11)10-13/h1-4,13H,5-10H2,(H3,18,19,20,23). The van der Waals surface area contributed by atoms with Gasteiger partial charge in [-0.15, -0.1) is 0 Å². The van der Waals surface area contributed by atoms with Gasteiger partial charge in [0.05, 0.1) is 0 Å². The van der Waals surface area contributed by atoms with Gasteiger partial charge in [0.1, 0.15) is 5.54 Å². The Hall–Kier alpha value is -2.37. The zero-order chi connectivity index (χ0) is 16.0. The number of amides is 2. The van der Waals surface area contributed by atoms with Crippen molar-refractivity contribution in [3.05, 3.63) is 35.4 Å². The number of nitrogens with one attached hydrogen (secondary N) is 1. The van der Waals surface area contributed by atoms with Crippen LogP contribution in [0, 0.1) is 5.92 Å². The molecule has 1 spiro atoms. The number of piperidine rings is 1. The van der Waals surface area contributed by atoms with Gasteiger partial charge in [0.2, 0.25) is 5.91 Å². The SMILES string of the molecule is NC1=NC2(CCN(C(=O)C3Cc4ccccc4C3)CC2)C(=O)N1. The first-order chi connectivity index (χ1) is 11.1. The number of benzene rings is 1. The van der Waals surface area contributed by atoms with Crippen molar-refractivity contribution in [2.45, 2.75) is 31.2 Å². The molecule has 0 radical (unpaired) electrons. The van der Waals surface area contributed by atoms with Crippen molar-refractivity contribution < 1.29 is 9.59 Å². The van der Waals surface area contributed by atoms with E-state index < -0.39 is 5.54 Å². The third-order valence-corrected chi connectivity index (χ3v) is 5.30. The van der Waals surface area contributed by atoms with Crippen molar-refractivity contribution in [3.63, 3.8) is 0 Å². The number of hydrogen-bond donors (Lipinski definition) is 2. The maximum atomic E-state index is 12.8. The maximum absolute atomic E-state index is 12.8. The Morgan fingerprint density at radius 2 is 1.83 bits per heavy atom. The second kappa shape index (κ2) is 5.08. The number of carbonyl (C=O) groups is 2. The molecule has 1 fully saturated rings. The fourth-order valence-electron chi connectivity index (χ4n) is 3.97. The summed E-state index contributed by atoms with van der Waals surface area (Å²) in [5.74, 6) is 0.301. The second-order valence-electron chi connectivity index (χ2n) is 6.68. The van der Waals surface area contributed by atoms with Crippen molar-refractivity contribution in [1.82, 2.24) is 10.2 Å². The van der Waals surface area contributed by atoms with Crippen LogP contribution in [-0.2, 0) is 22.4 Å². The van der Waals surface area contributed by atoms with Gasteiger partial charge >= 0.3 is 0 Å². The van der Waals surface area contributed by atoms with Gasteiger partial charge in [-0.05, 0) is 36.8 Å². The quantitative estimate of drug-likeness (QED) is 0.777. The summed E-state index contributed by atoms with van der Waals surface area (Å²) in [6, 6.07) is 8.26. The molecule has 1 aromatic carbocycles. The fraction of sp³-hybridized carbons (Fsp3) is 0.471. The Morgan fingerprint density at radius 3 is 2.35 bits per heavy atom. The van der Waals surface area contributed by atoms with E-state index in [1.54, 1.807) is 0 Å². The number of fused-ring (bicyclic) bond motifs is 1. The van der Waals surface area contributed by atoms with Crippen LogP contribution in [0.3, 0.4) is 0 Å². The van der Waals surface area contributed by atoms with E-state index in [2.05, 4.69) is 22.4 Å². The fourth-order valence-corrected chi connectivity index (χ4v) is 3.97. The third kappa shape index (κ3) is 2.29. The molecule has 1 aromatic rings. The number of carbonyl (C=O) groups excluding carboxylic acids is 2. The molecule has 6 nitrogen and oxygen atoms in total. The lowest BCUT2D eigenvalue weighted by atomic mass is 9.87. The van der Waals surface area contributed by atoms with E-state index in [0.29, 0.717) is 25.9 Å². The molecule has 0 bridgehead atoms. The summed E-state index contributed by atoms with van der Waals surface area (Å²) in [5, 5.41) is 2.57. The first-order valence-corrected chi connectivity index (χ1v) is 8.10. The summed E-state index contributed by atoms with van der Waals surface area (Å²) >= 11 is 0. The van der Waals surface area contributed by atoms with Gasteiger partial charge in [-0.25, -0.2) is 4.99 Å². The summed E-state index contributed by atoms with van der Waals surface area (Å²) in [5.41, 5.74) is 7.43. The van der Waals surface area contributed by atoms with Gasteiger partial charge in [0.15, 0.2) is 5.96 Å². The van der Waals surface area contributed by atoms with Crippen molar-refractivity contribution in [2.75, 3.05) is 13.1 Å². The van der Waals surface area contributed by atoms with E-state index in [1.165, 1.54) is 11.1 Å². The summed E-state index contributed by atoms with van der Waals surface area (Å²) < 4.78 is 0. The van der Waals surface area contributed by atoms with Crippen LogP contribution in [0.25, 0.3) is 0 Å². The Balaban J connectivity index is 1.42. The first kappa shape index (κ1) is 14.2. The highest BCUT2D eigenvalue weighted by atomic mass is 16.2. The molecule has 120 valence electrons. The average Bonchev–Trinajstić information content (AvgIpc) is 3.09. The molecule has 0 atom stereocenters. The van der Waals surface area contributed by atoms with Gasteiger partial charge in [-0.1, -0.05) is 24.3 Å². The van der Waals surface area contributed by atoms with Crippen LogP contribution in [0.15, 0.2) is 29.3 Å². The minimum absolute atomic E-state index is 0.0347. The molecule has 1 aliphatic carbocycles. The molecule has 2 aliphatic heterocycles. The van der Waals surface area contributed by atoms with Crippen molar-refractivity contribution >= 4 is 17.8 Å². The van der Waals surface area contributed by atoms with E-state index in [-0.39, 0.29) is 23.7 Å². The number of likely N-dealkylation sites (tertiary alicyclic amines) is 1. The predicted molar refractivity (Wildman–Crippen MR) is 85.7 cm³/mol. The van der Waals surface area contributed by atoms with Gasteiger partial charge in [0, 0.05) is 19.0 Å². The number of rotatable bonds is 1. The van der Waals surface area contributed by atoms with Crippen LogP contribution in [0.1, 0.15) is 24.0 Å². The molecule has 2 amide bonds. The number of guanidine groups is 1. The van der Waals surface area contributed by atoms with Gasteiger partial charge < -0.3 is 10.6 Å². The van der Waals surface area contributed by atoms with Crippen molar-refractivity contribution in [2.24, 2.45) is 16.6 Å². The van der Waals surface area contributed by atoms with E-state index in [1.807, 2.05) is 17.0 Å². The molecule has 4 rings (SSSR count). The zero-order valence-corrected chi connectivity index (χ0v) is 12.9. The number of nitrogens with two attached hydrogens (primary N) is 1. The number of nitrogens with zero attached hydrogens (tertiary/aromatic N) is 2. The second-order valence-corrected chi connectivity index (χ2v) is 6.68. The van der Waals surface area contributed by atoms with Gasteiger partial charge in [0.25, 0.3) is 5.91 Å².